The van der Waals surface area contributed by atoms with E-state index < -0.39 is 6.10 Å². The average molecular weight is 1120 g/mol. The van der Waals surface area contributed by atoms with Crippen molar-refractivity contribution in [3.63, 3.8) is 0 Å². The Kier molecular flexibility index (Phi) is 66.1. The molecule has 0 amide bonds. The molecule has 0 N–H and O–H groups in total. The van der Waals surface area contributed by atoms with Gasteiger partial charge in [-0.05, 0) is 109 Å². The van der Waals surface area contributed by atoms with Gasteiger partial charge in [-0.1, -0.05) is 306 Å². The third kappa shape index (κ3) is 65.9. The Hall–Kier alpha value is -2.89. The third-order valence-electron chi connectivity index (χ3n) is 15.7. The van der Waals surface area contributed by atoms with Crippen LogP contribution in [0.15, 0.2) is 60.8 Å². The number of hydrogen-bond donors (Lipinski definition) is 0. The number of ether oxygens (including phenoxy) is 3. The van der Waals surface area contributed by atoms with Gasteiger partial charge in [0.25, 0.3) is 0 Å². The maximum atomic E-state index is 12.9. The predicted octanol–water partition coefficient (Wildman–Crippen LogP) is 24.3. The molecule has 0 aromatic heterocycles. The molecular formula is C74H134O6. The van der Waals surface area contributed by atoms with E-state index in [4.69, 9.17) is 14.2 Å². The number of carbonyl (C=O) groups is 3. The molecule has 6 heteroatoms. The summed E-state index contributed by atoms with van der Waals surface area (Å²) in [6.07, 6.45) is 88.2. The lowest BCUT2D eigenvalue weighted by molar-refractivity contribution is -0.167. The molecule has 0 aliphatic rings. The molecule has 1 unspecified atom stereocenters. The molecular weight excluding hydrogens is 985 g/mol. The van der Waals surface area contributed by atoms with Crippen molar-refractivity contribution in [3.05, 3.63) is 60.8 Å². The number of esters is 3. The standard InChI is InChI=1S/C74H134O6/c1-4-7-10-13-16-19-22-25-28-30-32-33-34-35-36-37-38-39-40-41-43-44-46-49-52-55-58-61-64-67-73(76)79-70-71(69-78-72(75)66-63-60-57-54-51-48-27-24-21-18-15-12-9-6-3)80-74(77)68-65-62-59-56-53-50-47-45-42-31-29-26-23-20-17-14-11-8-5-2/h17,20,22,24-27,29-30,32,71H,4-16,18-19,21,23,28,31,33-70H2,1-3H3/b20-17-,25-22-,27-24-,29-26-,32-30-. The van der Waals surface area contributed by atoms with Crippen molar-refractivity contribution in [1.29, 1.82) is 0 Å². The smallest absolute Gasteiger partial charge is 0.306 e. The summed E-state index contributed by atoms with van der Waals surface area (Å²) < 4.78 is 17.0. The van der Waals surface area contributed by atoms with Gasteiger partial charge in [-0.25, -0.2) is 0 Å². The highest BCUT2D eigenvalue weighted by molar-refractivity contribution is 5.71. The Bertz CT molecular complexity index is 1430. The lowest BCUT2D eigenvalue weighted by Gasteiger charge is -2.18. The number of unbranched alkanes of at least 4 members (excludes halogenated alkanes) is 44. The largest absolute Gasteiger partial charge is 0.462 e. The molecule has 0 spiro atoms. The van der Waals surface area contributed by atoms with Crippen LogP contribution in [-0.4, -0.2) is 37.2 Å². The highest BCUT2D eigenvalue weighted by Crippen LogP contribution is 2.18. The zero-order valence-electron chi connectivity index (χ0n) is 53.6. The quantitative estimate of drug-likeness (QED) is 0.0261. The van der Waals surface area contributed by atoms with E-state index in [9.17, 15) is 14.4 Å². The van der Waals surface area contributed by atoms with E-state index in [0.29, 0.717) is 19.3 Å². The fraction of sp³-hybridized carbons (Fsp3) is 0.824. The van der Waals surface area contributed by atoms with Crippen molar-refractivity contribution in [2.75, 3.05) is 13.2 Å². The second-order valence-corrected chi connectivity index (χ2v) is 23.8. The maximum Gasteiger partial charge on any atom is 0.306 e. The zero-order valence-corrected chi connectivity index (χ0v) is 53.6. The van der Waals surface area contributed by atoms with E-state index in [1.807, 2.05) is 0 Å². The number of carbonyl (C=O) groups excluding carboxylic acids is 3. The first kappa shape index (κ1) is 77.1. The summed E-state index contributed by atoms with van der Waals surface area (Å²) in [6.45, 7) is 6.64. The van der Waals surface area contributed by atoms with Crippen LogP contribution >= 0.6 is 0 Å². The molecule has 80 heavy (non-hydrogen) atoms. The first-order valence-electron chi connectivity index (χ1n) is 35.3. The monoisotopic (exact) mass is 1120 g/mol. The Balaban J connectivity index is 4.23. The van der Waals surface area contributed by atoms with Crippen molar-refractivity contribution in [2.45, 2.75) is 380 Å². The normalized spacial score (nSPS) is 12.4. The van der Waals surface area contributed by atoms with Crippen molar-refractivity contribution in [2.24, 2.45) is 0 Å². The first-order valence-corrected chi connectivity index (χ1v) is 35.3. The van der Waals surface area contributed by atoms with Gasteiger partial charge in [0.2, 0.25) is 0 Å². The van der Waals surface area contributed by atoms with Crippen LogP contribution in [0.1, 0.15) is 374 Å². The maximum absolute atomic E-state index is 12.9. The second-order valence-electron chi connectivity index (χ2n) is 23.8. The van der Waals surface area contributed by atoms with E-state index in [1.54, 1.807) is 0 Å². The van der Waals surface area contributed by atoms with Gasteiger partial charge in [0.1, 0.15) is 13.2 Å². The van der Waals surface area contributed by atoms with Crippen LogP contribution < -0.4 is 0 Å². The molecule has 1 atom stereocenters. The molecule has 0 aromatic carbocycles. The van der Waals surface area contributed by atoms with Crippen LogP contribution in [0, 0.1) is 0 Å². The fourth-order valence-corrected chi connectivity index (χ4v) is 10.4. The Morgan fingerprint density at radius 2 is 0.450 bits per heavy atom. The van der Waals surface area contributed by atoms with Gasteiger partial charge >= 0.3 is 17.9 Å². The molecule has 0 radical (unpaired) electrons. The van der Waals surface area contributed by atoms with E-state index >= 15 is 0 Å². The SMILES string of the molecule is CCCCC/C=C\C/C=C\CCCCCCCCCCCC(=O)OC(COC(=O)CCCCCCC/C=C\CCCCCCC)COC(=O)CCCCCCCCCCCCCCCCCCC/C=C\C/C=C\CCCCCCC. The topological polar surface area (TPSA) is 78.9 Å². The van der Waals surface area contributed by atoms with Crippen molar-refractivity contribution in [1.82, 2.24) is 0 Å². The minimum absolute atomic E-state index is 0.0751. The summed E-state index contributed by atoms with van der Waals surface area (Å²) in [6, 6.07) is 0. The van der Waals surface area contributed by atoms with Crippen LogP contribution in [0.2, 0.25) is 0 Å². The molecule has 0 aliphatic heterocycles. The molecule has 0 aromatic rings. The van der Waals surface area contributed by atoms with Crippen LogP contribution in [0.25, 0.3) is 0 Å². The molecule has 0 saturated carbocycles. The zero-order chi connectivity index (χ0) is 57.8. The summed E-state index contributed by atoms with van der Waals surface area (Å²) in [7, 11) is 0. The van der Waals surface area contributed by atoms with Crippen molar-refractivity contribution < 1.29 is 28.6 Å². The Morgan fingerprint density at radius 1 is 0.250 bits per heavy atom. The minimum Gasteiger partial charge on any atom is -0.462 e. The van der Waals surface area contributed by atoms with Gasteiger partial charge < -0.3 is 14.2 Å². The van der Waals surface area contributed by atoms with E-state index in [0.717, 1.165) is 77.0 Å². The van der Waals surface area contributed by atoms with E-state index in [1.165, 1.54) is 257 Å². The van der Waals surface area contributed by atoms with Crippen LogP contribution in [0.4, 0.5) is 0 Å². The summed E-state index contributed by atoms with van der Waals surface area (Å²) in [4.78, 5) is 38.4. The molecule has 0 rings (SSSR count). The van der Waals surface area contributed by atoms with E-state index in [-0.39, 0.29) is 31.1 Å². The second kappa shape index (κ2) is 68.6. The summed E-state index contributed by atoms with van der Waals surface area (Å²) in [5.74, 6) is -0.866. The summed E-state index contributed by atoms with van der Waals surface area (Å²) in [5.41, 5.74) is 0. The van der Waals surface area contributed by atoms with Gasteiger partial charge in [0, 0.05) is 19.3 Å². The lowest BCUT2D eigenvalue weighted by Crippen LogP contribution is -2.30. The van der Waals surface area contributed by atoms with Gasteiger partial charge in [-0.3, -0.25) is 14.4 Å². The van der Waals surface area contributed by atoms with Gasteiger partial charge in [-0.2, -0.15) is 0 Å². The summed E-state index contributed by atoms with van der Waals surface area (Å²) in [5, 5.41) is 0. The van der Waals surface area contributed by atoms with Crippen LogP contribution in [0.5, 0.6) is 0 Å². The molecule has 0 bridgehead atoms. The minimum atomic E-state index is -0.780. The highest BCUT2D eigenvalue weighted by atomic mass is 16.6. The molecule has 0 saturated heterocycles. The molecule has 6 nitrogen and oxygen atoms in total. The van der Waals surface area contributed by atoms with Crippen molar-refractivity contribution >= 4 is 17.9 Å². The van der Waals surface area contributed by atoms with Gasteiger partial charge in [0.05, 0.1) is 0 Å². The predicted molar refractivity (Wildman–Crippen MR) is 348 cm³/mol. The first-order chi connectivity index (χ1) is 39.5. The molecule has 0 aliphatic carbocycles. The number of allylic oxidation sites excluding steroid dienone is 10. The highest BCUT2D eigenvalue weighted by Gasteiger charge is 2.19. The van der Waals surface area contributed by atoms with Crippen LogP contribution in [0.3, 0.4) is 0 Å². The average Bonchev–Trinajstić information content (AvgIpc) is 3.46. The lowest BCUT2D eigenvalue weighted by atomic mass is 10.0. The fourth-order valence-electron chi connectivity index (χ4n) is 10.4. The van der Waals surface area contributed by atoms with Gasteiger partial charge in [-0.15, -0.1) is 0 Å². The van der Waals surface area contributed by atoms with E-state index in [2.05, 4.69) is 81.5 Å². The molecule has 0 fully saturated rings. The summed E-state index contributed by atoms with van der Waals surface area (Å²) >= 11 is 0. The molecule has 466 valence electrons. The number of rotatable bonds is 65. The Morgan fingerprint density at radius 3 is 0.725 bits per heavy atom. The van der Waals surface area contributed by atoms with Crippen molar-refractivity contribution in [3.8, 4) is 0 Å². The Labute approximate surface area is 498 Å². The van der Waals surface area contributed by atoms with Gasteiger partial charge in [0.15, 0.2) is 6.10 Å². The van der Waals surface area contributed by atoms with Crippen LogP contribution in [-0.2, 0) is 28.6 Å². The third-order valence-corrected chi connectivity index (χ3v) is 15.7. The molecule has 0 heterocycles. The number of hydrogen-bond acceptors (Lipinski definition) is 6.